The number of benzene rings is 1. The van der Waals surface area contributed by atoms with Crippen LogP contribution in [0.5, 0.6) is 0 Å². The predicted octanol–water partition coefficient (Wildman–Crippen LogP) is 2.07. The van der Waals surface area contributed by atoms with Gasteiger partial charge in [-0.05, 0) is 25.1 Å². The second kappa shape index (κ2) is 7.84. The van der Waals surface area contributed by atoms with Gasteiger partial charge in [-0.3, -0.25) is 9.69 Å². The molecule has 2 heterocycles. The molecule has 0 saturated carbocycles. The molecular weight excluding hydrogens is 347 g/mol. The van der Waals surface area contributed by atoms with Crippen LogP contribution in [-0.2, 0) is 15.7 Å². The largest absolute Gasteiger partial charge is 0.416 e. The number of ether oxygens (including phenoxy) is 1. The van der Waals surface area contributed by atoms with Crippen LogP contribution < -0.4 is 4.90 Å². The molecule has 0 aromatic heterocycles. The Morgan fingerprint density at radius 3 is 2.35 bits per heavy atom. The highest BCUT2D eigenvalue weighted by Gasteiger charge is 2.32. The number of piperazine rings is 1. The van der Waals surface area contributed by atoms with E-state index >= 15 is 0 Å². The fraction of sp³-hybridized carbons (Fsp3) is 0.611. The molecule has 0 bridgehead atoms. The second-order valence-corrected chi connectivity index (χ2v) is 6.68. The van der Waals surface area contributed by atoms with Crippen LogP contribution in [0.3, 0.4) is 0 Å². The number of carbonyl (C=O) groups is 1. The molecule has 1 atom stereocenters. The lowest BCUT2D eigenvalue weighted by Crippen LogP contribution is -2.56. The average Bonchev–Trinajstić information content (AvgIpc) is 2.67. The maximum absolute atomic E-state index is 12.9. The second-order valence-electron chi connectivity index (χ2n) is 6.68. The van der Waals surface area contributed by atoms with Crippen molar-refractivity contribution in [1.82, 2.24) is 9.80 Å². The van der Waals surface area contributed by atoms with Crippen molar-refractivity contribution >= 4 is 11.6 Å². The molecule has 5 nitrogen and oxygen atoms in total. The molecule has 26 heavy (non-hydrogen) atoms. The van der Waals surface area contributed by atoms with Gasteiger partial charge in [0.1, 0.15) is 0 Å². The van der Waals surface area contributed by atoms with E-state index in [2.05, 4.69) is 4.90 Å². The van der Waals surface area contributed by atoms with Crippen LogP contribution in [0, 0.1) is 0 Å². The van der Waals surface area contributed by atoms with Crippen LogP contribution in [0.15, 0.2) is 24.3 Å². The first-order chi connectivity index (χ1) is 12.4. The quantitative estimate of drug-likeness (QED) is 0.815. The third kappa shape index (κ3) is 4.29. The summed E-state index contributed by atoms with van der Waals surface area (Å²) in [7, 11) is 0. The van der Waals surface area contributed by atoms with Gasteiger partial charge in [0.2, 0.25) is 5.91 Å². The summed E-state index contributed by atoms with van der Waals surface area (Å²) in [5.74, 6) is 0.0980. The molecule has 3 rings (SSSR count). The van der Waals surface area contributed by atoms with Gasteiger partial charge in [-0.2, -0.15) is 13.2 Å². The third-order valence-electron chi connectivity index (χ3n) is 5.08. The van der Waals surface area contributed by atoms with E-state index in [9.17, 15) is 18.0 Å². The summed E-state index contributed by atoms with van der Waals surface area (Å²) in [4.78, 5) is 18.5. The molecule has 0 N–H and O–H groups in total. The number of rotatable bonds is 3. The molecule has 2 aliphatic heterocycles. The number of alkyl halides is 3. The summed E-state index contributed by atoms with van der Waals surface area (Å²) in [6.45, 7) is 6.77. The number of amides is 1. The Hall–Kier alpha value is -1.80. The fourth-order valence-electron chi connectivity index (χ4n) is 3.45. The average molecular weight is 371 g/mol. The molecule has 1 aromatic carbocycles. The maximum Gasteiger partial charge on any atom is 0.416 e. The zero-order valence-electron chi connectivity index (χ0n) is 14.8. The van der Waals surface area contributed by atoms with Crippen molar-refractivity contribution in [3.8, 4) is 0 Å². The molecule has 144 valence electrons. The lowest BCUT2D eigenvalue weighted by Gasteiger charge is -2.40. The van der Waals surface area contributed by atoms with Crippen molar-refractivity contribution in [2.45, 2.75) is 19.1 Å². The molecule has 1 aromatic rings. The van der Waals surface area contributed by atoms with Gasteiger partial charge >= 0.3 is 6.18 Å². The Morgan fingerprint density at radius 2 is 1.73 bits per heavy atom. The highest BCUT2D eigenvalue weighted by atomic mass is 19.4. The fourth-order valence-corrected chi connectivity index (χ4v) is 3.45. The minimum atomic E-state index is -4.34. The molecule has 0 unspecified atom stereocenters. The summed E-state index contributed by atoms with van der Waals surface area (Å²) < 4.78 is 43.9. The number of anilines is 1. The summed E-state index contributed by atoms with van der Waals surface area (Å²) in [5, 5.41) is 0. The predicted molar refractivity (Wildman–Crippen MR) is 92.1 cm³/mol. The Balaban J connectivity index is 1.58. The van der Waals surface area contributed by atoms with Gasteiger partial charge in [-0.15, -0.1) is 0 Å². The Bertz CT molecular complexity index is 624. The van der Waals surface area contributed by atoms with Gasteiger partial charge in [0.25, 0.3) is 0 Å². The summed E-state index contributed by atoms with van der Waals surface area (Å²) >= 11 is 0. The van der Waals surface area contributed by atoms with Crippen LogP contribution in [-0.4, -0.2) is 74.2 Å². The normalized spacial score (nSPS) is 20.9. The monoisotopic (exact) mass is 371 g/mol. The van der Waals surface area contributed by atoms with Crippen molar-refractivity contribution in [1.29, 1.82) is 0 Å². The molecule has 0 aliphatic carbocycles. The topological polar surface area (TPSA) is 36.0 Å². The van der Waals surface area contributed by atoms with E-state index in [0.717, 1.165) is 6.07 Å². The lowest BCUT2D eigenvalue weighted by atomic mass is 10.1. The molecule has 2 fully saturated rings. The highest BCUT2D eigenvalue weighted by Crippen LogP contribution is 2.32. The summed E-state index contributed by atoms with van der Waals surface area (Å²) in [5.41, 5.74) is -0.0556. The van der Waals surface area contributed by atoms with Crippen LogP contribution in [0.1, 0.15) is 12.5 Å². The van der Waals surface area contributed by atoms with Crippen molar-refractivity contribution in [3.05, 3.63) is 29.8 Å². The molecule has 8 heteroatoms. The number of hydrogen-bond acceptors (Lipinski definition) is 4. The number of hydrogen-bond donors (Lipinski definition) is 0. The number of nitrogens with zero attached hydrogens (tertiary/aromatic N) is 3. The Labute approximate surface area is 151 Å². The van der Waals surface area contributed by atoms with E-state index < -0.39 is 11.7 Å². The lowest BCUT2D eigenvalue weighted by molar-refractivity contribution is -0.140. The first-order valence-electron chi connectivity index (χ1n) is 8.89. The van der Waals surface area contributed by atoms with Gasteiger partial charge < -0.3 is 14.5 Å². The maximum atomic E-state index is 12.9. The molecule has 1 amide bonds. The zero-order chi connectivity index (χ0) is 18.7. The van der Waals surface area contributed by atoms with E-state index in [1.54, 1.807) is 6.07 Å². The van der Waals surface area contributed by atoms with Crippen molar-refractivity contribution in [2.24, 2.45) is 0 Å². The standard InChI is InChI=1S/C18H24F3N3O2/c1-14(17(25)24-9-11-26-12-10-24)22-5-7-23(8-6-22)16-4-2-3-15(13-16)18(19,20)21/h2-4,13-14H,5-12H2,1H3/t14-/m0/s1. The van der Waals surface area contributed by atoms with Gasteiger partial charge in [0, 0.05) is 45.0 Å². The van der Waals surface area contributed by atoms with Crippen molar-refractivity contribution in [3.63, 3.8) is 0 Å². The molecular formula is C18H24F3N3O2. The summed E-state index contributed by atoms with van der Waals surface area (Å²) in [6, 6.07) is 5.19. The Kier molecular flexibility index (Phi) is 5.72. The Morgan fingerprint density at radius 1 is 1.08 bits per heavy atom. The van der Waals surface area contributed by atoms with Gasteiger partial charge in [0.05, 0.1) is 24.8 Å². The van der Waals surface area contributed by atoms with E-state index in [1.165, 1.54) is 12.1 Å². The SMILES string of the molecule is C[C@@H](C(=O)N1CCOCC1)N1CCN(c2cccc(C(F)(F)F)c2)CC1. The van der Waals surface area contributed by atoms with E-state index in [0.29, 0.717) is 58.2 Å². The van der Waals surface area contributed by atoms with E-state index in [-0.39, 0.29) is 11.9 Å². The smallest absolute Gasteiger partial charge is 0.378 e. The van der Waals surface area contributed by atoms with Crippen LogP contribution >= 0.6 is 0 Å². The number of carbonyl (C=O) groups excluding carboxylic acids is 1. The molecule has 0 spiro atoms. The van der Waals surface area contributed by atoms with Gasteiger partial charge in [-0.25, -0.2) is 0 Å². The van der Waals surface area contributed by atoms with Crippen LogP contribution in [0.25, 0.3) is 0 Å². The first-order valence-corrected chi connectivity index (χ1v) is 8.89. The van der Waals surface area contributed by atoms with E-state index in [1.807, 2.05) is 16.7 Å². The highest BCUT2D eigenvalue weighted by molar-refractivity contribution is 5.81. The van der Waals surface area contributed by atoms with Crippen molar-refractivity contribution < 1.29 is 22.7 Å². The van der Waals surface area contributed by atoms with Gasteiger partial charge in [0.15, 0.2) is 0 Å². The van der Waals surface area contributed by atoms with Crippen molar-refractivity contribution in [2.75, 3.05) is 57.4 Å². The molecule has 2 saturated heterocycles. The third-order valence-corrected chi connectivity index (χ3v) is 5.08. The van der Waals surface area contributed by atoms with Crippen LogP contribution in [0.4, 0.5) is 18.9 Å². The zero-order valence-corrected chi connectivity index (χ0v) is 14.8. The van der Waals surface area contributed by atoms with Crippen LogP contribution in [0.2, 0.25) is 0 Å². The minimum absolute atomic E-state index is 0.0980. The first kappa shape index (κ1) is 19.0. The van der Waals surface area contributed by atoms with E-state index in [4.69, 9.17) is 4.74 Å². The number of halogens is 3. The summed E-state index contributed by atoms with van der Waals surface area (Å²) in [6.07, 6.45) is -4.34. The molecule has 2 aliphatic rings. The molecule has 0 radical (unpaired) electrons. The van der Waals surface area contributed by atoms with Gasteiger partial charge in [-0.1, -0.05) is 6.07 Å². The minimum Gasteiger partial charge on any atom is -0.378 e. The number of morpholine rings is 1.